The third kappa shape index (κ3) is 5.89. The number of aliphatic hydroxyl groups is 1. The quantitative estimate of drug-likeness (QED) is 0.691. The maximum Gasteiger partial charge on any atom is 0.272 e. The van der Waals surface area contributed by atoms with Gasteiger partial charge in [-0.2, -0.15) is 0 Å². The van der Waals surface area contributed by atoms with Gasteiger partial charge in [0.15, 0.2) is 0 Å². The van der Waals surface area contributed by atoms with Crippen molar-refractivity contribution in [3.8, 4) is 0 Å². The monoisotopic (exact) mass is 320 g/mol. The predicted molar refractivity (Wildman–Crippen MR) is 90.3 cm³/mol. The van der Waals surface area contributed by atoms with E-state index in [0.717, 1.165) is 31.7 Å². The summed E-state index contributed by atoms with van der Waals surface area (Å²) in [4.78, 5) is 20.8. The Balaban J connectivity index is 1.78. The molecule has 6 heteroatoms. The molecule has 1 aliphatic rings. The summed E-state index contributed by atoms with van der Waals surface area (Å²) in [5, 5.41) is 11.8. The zero-order chi connectivity index (χ0) is 16.5. The Bertz CT molecular complexity index is 472. The first-order valence-electron chi connectivity index (χ1n) is 8.45. The van der Waals surface area contributed by atoms with E-state index in [1.165, 1.54) is 19.3 Å². The van der Waals surface area contributed by atoms with E-state index in [1.54, 1.807) is 17.2 Å². The number of nitrogens with zero attached hydrogens (tertiary/aromatic N) is 3. The molecule has 0 radical (unpaired) electrons. The van der Waals surface area contributed by atoms with Gasteiger partial charge in [-0.25, -0.2) is 0 Å². The predicted octanol–water partition coefficient (Wildman–Crippen LogP) is 0.721. The van der Waals surface area contributed by atoms with E-state index in [1.807, 2.05) is 13.1 Å². The number of aliphatic hydroxyl groups excluding tert-OH is 1. The van der Waals surface area contributed by atoms with Crippen molar-refractivity contribution in [1.29, 1.82) is 0 Å². The van der Waals surface area contributed by atoms with Gasteiger partial charge in [0.1, 0.15) is 5.69 Å². The fraction of sp³-hybridized carbons (Fsp3) is 0.647. The standard InChI is InChI=1S/C17H28N4O2/c1-20(10-11-21-8-3-2-4-9-21)17(23)16-6-5-15(14-19-16)13-18-7-12-22/h5-6,14,18,22H,2-4,7-13H2,1H3. The molecular weight excluding hydrogens is 292 g/mol. The first kappa shape index (κ1) is 17.8. The van der Waals surface area contributed by atoms with E-state index in [2.05, 4.69) is 15.2 Å². The fourth-order valence-electron chi connectivity index (χ4n) is 2.74. The van der Waals surface area contributed by atoms with Crippen LogP contribution in [-0.4, -0.2) is 72.2 Å². The molecule has 0 atom stereocenters. The van der Waals surface area contributed by atoms with Gasteiger partial charge in [-0.05, 0) is 37.6 Å². The number of hydrogen-bond acceptors (Lipinski definition) is 5. The SMILES string of the molecule is CN(CCN1CCCCC1)C(=O)c1ccc(CNCCO)cn1. The van der Waals surface area contributed by atoms with Crippen molar-refractivity contribution < 1.29 is 9.90 Å². The molecule has 1 fully saturated rings. The van der Waals surface area contributed by atoms with Crippen molar-refractivity contribution in [2.45, 2.75) is 25.8 Å². The Labute approximate surface area is 138 Å². The minimum atomic E-state index is -0.0307. The second-order valence-corrected chi connectivity index (χ2v) is 6.08. The van der Waals surface area contributed by atoms with E-state index in [-0.39, 0.29) is 12.5 Å². The number of rotatable bonds is 8. The van der Waals surface area contributed by atoms with Crippen LogP contribution in [0.1, 0.15) is 35.3 Å². The summed E-state index contributed by atoms with van der Waals surface area (Å²) in [6, 6.07) is 3.68. The Hall–Kier alpha value is -1.50. The van der Waals surface area contributed by atoms with Crippen molar-refractivity contribution in [1.82, 2.24) is 20.1 Å². The largest absolute Gasteiger partial charge is 0.395 e. The van der Waals surface area contributed by atoms with Crippen LogP contribution in [0.5, 0.6) is 0 Å². The Morgan fingerprint density at radius 2 is 2.13 bits per heavy atom. The molecule has 128 valence electrons. The second kappa shape index (κ2) is 9.60. The van der Waals surface area contributed by atoms with Gasteiger partial charge in [-0.3, -0.25) is 9.78 Å². The summed E-state index contributed by atoms with van der Waals surface area (Å²) in [6.45, 7) is 5.29. The fourth-order valence-corrected chi connectivity index (χ4v) is 2.74. The third-order valence-corrected chi connectivity index (χ3v) is 4.21. The molecule has 1 aliphatic heterocycles. The highest BCUT2D eigenvalue weighted by Crippen LogP contribution is 2.09. The Morgan fingerprint density at radius 1 is 1.35 bits per heavy atom. The minimum Gasteiger partial charge on any atom is -0.395 e. The first-order chi connectivity index (χ1) is 11.2. The maximum atomic E-state index is 12.4. The molecule has 6 nitrogen and oxygen atoms in total. The molecule has 2 N–H and O–H groups in total. The van der Waals surface area contributed by atoms with E-state index < -0.39 is 0 Å². The van der Waals surface area contributed by atoms with Crippen molar-refractivity contribution in [2.24, 2.45) is 0 Å². The number of likely N-dealkylation sites (N-methyl/N-ethyl adjacent to an activating group) is 1. The van der Waals surface area contributed by atoms with Crippen LogP contribution in [0.15, 0.2) is 18.3 Å². The van der Waals surface area contributed by atoms with E-state index in [4.69, 9.17) is 5.11 Å². The summed E-state index contributed by atoms with van der Waals surface area (Å²) < 4.78 is 0. The molecule has 1 amide bonds. The molecule has 23 heavy (non-hydrogen) atoms. The lowest BCUT2D eigenvalue weighted by molar-refractivity contribution is 0.0767. The Morgan fingerprint density at radius 3 is 2.78 bits per heavy atom. The van der Waals surface area contributed by atoms with Crippen molar-refractivity contribution in [3.05, 3.63) is 29.6 Å². The lowest BCUT2D eigenvalue weighted by atomic mass is 10.1. The Kier molecular flexibility index (Phi) is 7.45. The minimum absolute atomic E-state index is 0.0307. The summed E-state index contributed by atoms with van der Waals surface area (Å²) in [5.74, 6) is -0.0307. The molecule has 1 aromatic rings. The third-order valence-electron chi connectivity index (χ3n) is 4.21. The van der Waals surface area contributed by atoms with Crippen molar-refractivity contribution in [3.63, 3.8) is 0 Å². The highest BCUT2D eigenvalue weighted by atomic mass is 16.3. The van der Waals surface area contributed by atoms with E-state index in [9.17, 15) is 4.79 Å². The highest BCUT2D eigenvalue weighted by molar-refractivity contribution is 5.92. The van der Waals surface area contributed by atoms with Crippen LogP contribution in [0.25, 0.3) is 0 Å². The van der Waals surface area contributed by atoms with Gasteiger partial charge in [0.05, 0.1) is 6.61 Å². The topological polar surface area (TPSA) is 68.7 Å². The van der Waals surface area contributed by atoms with Crippen LogP contribution in [-0.2, 0) is 6.54 Å². The van der Waals surface area contributed by atoms with Gasteiger partial charge >= 0.3 is 0 Å². The molecule has 0 spiro atoms. The smallest absolute Gasteiger partial charge is 0.272 e. The van der Waals surface area contributed by atoms with E-state index >= 15 is 0 Å². The van der Waals surface area contributed by atoms with E-state index in [0.29, 0.717) is 18.8 Å². The first-order valence-corrected chi connectivity index (χ1v) is 8.45. The second-order valence-electron chi connectivity index (χ2n) is 6.08. The summed E-state index contributed by atoms with van der Waals surface area (Å²) >= 11 is 0. The summed E-state index contributed by atoms with van der Waals surface area (Å²) in [5.41, 5.74) is 1.49. The van der Waals surface area contributed by atoms with Crippen LogP contribution < -0.4 is 5.32 Å². The number of hydrogen-bond donors (Lipinski definition) is 2. The molecule has 2 heterocycles. The lowest BCUT2D eigenvalue weighted by Gasteiger charge is -2.28. The number of amides is 1. The summed E-state index contributed by atoms with van der Waals surface area (Å²) in [6.07, 6.45) is 5.58. The molecule has 0 aromatic carbocycles. The number of nitrogens with one attached hydrogen (secondary N) is 1. The summed E-state index contributed by atoms with van der Waals surface area (Å²) in [7, 11) is 1.84. The maximum absolute atomic E-state index is 12.4. The van der Waals surface area contributed by atoms with Crippen molar-refractivity contribution in [2.75, 3.05) is 46.4 Å². The number of carbonyl (C=O) groups excluding carboxylic acids is 1. The van der Waals surface area contributed by atoms with Crippen LogP contribution in [0.2, 0.25) is 0 Å². The van der Waals surface area contributed by atoms with Gasteiger partial charge in [-0.15, -0.1) is 0 Å². The number of carbonyl (C=O) groups is 1. The molecule has 1 aromatic heterocycles. The number of aromatic nitrogens is 1. The number of piperidine rings is 1. The molecule has 0 unspecified atom stereocenters. The van der Waals surface area contributed by atoms with Gasteiger partial charge < -0.3 is 20.2 Å². The molecule has 1 saturated heterocycles. The van der Waals surface area contributed by atoms with Gasteiger partial charge in [0, 0.05) is 39.4 Å². The molecular formula is C17H28N4O2. The van der Waals surface area contributed by atoms with Gasteiger partial charge in [0.25, 0.3) is 5.91 Å². The lowest BCUT2D eigenvalue weighted by Crippen LogP contribution is -2.38. The zero-order valence-electron chi connectivity index (χ0n) is 14.0. The molecule has 0 saturated carbocycles. The van der Waals surface area contributed by atoms with Crippen LogP contribution in [0.3, 0.4) is 0 Å². The van der Waals surface area contributed by atoms with Crippen LogP contribution in [0.4, 0.5) is 0 Å². The number of pyridine rings is 1. The van der Waals surface area contributed by atoms with Crippen LogP contribution in [0, 0.1) is 0 Å². The number of likely N-dealkylation sites (tertiary alicyclic amines) is 1. The molecule has 2 rings (SSSR count). The molecule has 0 bridgehead atoms. The highest BCUT2D eigenvalue weighted by Gasteiger charge is 2.15. The van der Waals surface area contributed by atoms with Crippen molar-refractivity contribution >= 4 is 5.91 Å². The molecule has 0 aliphatic carbocycles. The van der Waals surface area contributed by atoms with Gasteiger partial charge in [0.2, 0.25) is 0 Å². The average Bonchev–Trinajstić information content (AvgIpc) is 2.61. The average molecular weight is 320 g/mol. The van der Waals surface area contributed by atoms with Crippen LogP contribution >= 0.6 is 0 Å². The normalized spacial score (nSPS) is 15.6. The zero-order valence-corrected chi connectivity index (χ0v) is 14.0. The van der Waals surface area contributed by atoms with Gasteiger partial charge in [-0.1, -0.05) is 12.5 Å².